The molecule has 1 N–H and O–H groups in total. The van der Waals surface area contributed by atoms with Gasteiger partial charge in [-0.05, 0) is 43.5 Å². The quantitative estimate of drug-likeness (QED) is 0.653. The summed E-state index contributed by atoms with van der Waals surface area (Å²) in [4.78, 5) is 22.1. The molecule has 4 rings (SSSR count). The van der Waals surface area contributed by atoms with Gasteiger partial charge in [0.2, 0.25) is 11.9 Å². The SMILES string of the molecule is CCCC(=O)N1CCC(N(c2nc3ccccc3[nH]2)S(=O)(=O)c2ccccc2)CC1. The molecule has 1 fully saturated rings. The summed E-state index contributed by atoms with van der Waals surface area (Å²) in [6, 6.07) is 15.7. The molecule has 2 aromatic carbocycles. The Balaban J connectivity index is 1.69. The fourth-order valence-corrected chi connectivity index (χ4v) is 5.60. The molecule has 8 heteroatoms. The number of H-pyrrole nitrogens is 1. The zero-order chi connectivity index (χ0) is 21.1. The number of sulfonamides is 1. The van der Waals surface area contributed by atoms with Gasteiger partial charge < -0.3 is 9.88 Å². The highest BCUT2D eigenvalue weighted by Gasteiger charge is 2.36. The first-order chi connectivity index (χ1) is 14.5. The van der Waals surface area contributed by atoms with Crippen LogP contribution >= 0.6 is 0 Å². The maximum atomic E-state index is 13.6. The first-order valence-corrected chi connectivity index (χ1v) is 11.8. The number of aromatic nitrogens is 2. The summed E-state index contributed by atoms with van der Waals surface area (Å²) >= 11 is 0. The monoisotopic (exact) mass is 426 g/mol. The standard InChI is InChI=1S/C22H26N4O3S/c1-2-8-21(27)25-15-13-17(14-16-25)26(30(28,29)18-9-4-3-5-10-18)22-23-19-11-6-7-12-20(19)24-22/h3-7,9-12,17H,2,8,13-16H2,1H3,(H,23,24). The summed E-state index contributed by atoms with van der Waals surface area (Å²) < 4.78 is 28.6. The van der Waals surface area contributed by atoms with Gasteiger partial charge in [-0.3, -0.25) is 4.79 Å². The Bertz CT molecular complexity index is 1090. The van der Waals surface area contributed by atoms with Crippen LogP contribution < -0.4 is 4.31 Å². The lowest BCUT2D eigenvalue weighted by atomic mass is 10.0. The summed E-state index contributed by atoms with van der Waals surface area (Å²) in [5.74, 6) is 0.454. The highest BCUT2D eigenvalue weighted by molar-refractivity contribution is 7.92. The van der Waals surface area contributed by atoms with E-state index >= 15 is 0 Å². The number of benzene rings is 2. The van der Waals surface area contributed by atoms with Gasteiger partial charge in [0.15, 0.2) is 0 Å². The summed E-state index contributed by atoms with van der Waals surface area (Å²) in [6.07, 6.45) is 2.48. The Kier molecular flexibility index (Phi) is 5.76. The zero-order valence-corrected chi connectivity index (χ0v) is 17.8. The largest absolute Gasteiger partial charge is 0.343 e. The first kappa shape index (κ1) is 20.4. The Morgan fingerprint density at radius 1 is 1.10 bits per heavy atom. The Labute approximate surface area is 176 Å². The molecule has 3 aromatic rings. The maximum Gasteiger partial charge on any atom is 0.266 e. The van der Waals surface area contributed by atoms with Gasteiger partial charge in [0.1, 0.15) is 0 Å². The molecule has 0 bridgehead atoms. The second-order valence-electron chi connectivity index (χ2n) is 7.55. The molecular formula is C22H26N4O3S. The van der Waals surface area contributed by atoms with Gasteiger partial charge >= 0.3 is 0 Å². The van der Waals surface area contributed by atoms with Crippen LogP contribution in [0.2, 0.25) is 0 Å². The normalized spacial score (nSPS) is 15.4. The van der Waals surface area contributed by atoms with Gasteiger partial charge in [-0.15, -0.1) is 0 Å². The molecule has 1 aromatic heterocycles. The lowest BCUT2D eigenvalue weighted by Crippen LogP contribution is -2.49. The molecule has 0 aliphatic carbocycles. The smallest absolute Gasteiger partial charge is 0.266 e. The number of carbonyl (C=O) groups excluding carboxylic acids is 1. The molecule has 1 amide bonds. The maximum absolute atomic E-state index is 13.6. The van der Waals surface area contributed by atoms with Crippen molar-refractivity contribution >= 4 is 32.9 Å². The number of rotatable bonds is 6. The van der Waals surface area contributed by atoms with E-state index < -0.39 is 10.0 Å². The number of nitrogens with zero attached hydrogens (tertiary/aromatic N) is 3. The van der Waals surface area contributed by atoms with Crippen molar-refractivity contribution in [2.24, 2.45) is 0 Å². The fourth-order valence-electron chi connectivity index (χ4n) is 3.95. The fraction of sp³-hybridized carbons (Fsp3) is 0.364. The van der Waals surface area contributed by atoms with Crippen LogP contribution in [0.25, 0.3) is 11.0 Å². The Hall–Kier alpha value is -2.87. The first-order valence-electron chi connectivity index (χ1n) is 10.3. The number of likely N-dealkylation sites (tertiary alicyclic amines) is 1. The van der Waals surface area contributed by atoms with Gasteiger partial charge in [0.05, 0.1) is 22.0 Å². The summed E-state index contributed by atoms with van der Waals surface area (Å²) in [5.41, 5.74) is 1.51. The van der Waals surface area contributed by atoms with Gasteiger partial charge in [-0.25, -0.2) is 17.7 Å². The predicted octanol–water partition coefficient (Wildman–Crippen LogP) is 3.55. The lowest BCUT2D eigenvalue weighted by Gasteiger charge is -2.37. The summed E-state index contributed by atoms with van der Waals surface area (Å²) in [5, 5.41) is 0. The minimum atomic E-state index is -3.81. The molecule has 0 saturated carbocycles. The minimum Gasteiger partial charge on any atom is -0.343 e. The number of anilines is 1. The number of imidazole rings is 1. The summed E-state index contributed by atoms with van der Waals surface area (Å²) in [6.45, 7) is 3.08. The van der Waals surface area contributed by atoms with Gasteiger partial charge in [0.25, 0.3) is 10.0 Å². The van der Waals surface area contributed by atoms with Crippen molar-refractivity contribution in [2.45, 2.75) is 43.5 Å². The van der Waals surface area contributed by atoms with Crippen LogP contribution in [0.15, 0.2) is 59.5 Å². The van der Waals surface area contributed by atoms with Crippen molar-refractivity contribution in [3.63, 3.8) is 0 Å². The van der Waals surface area contributed by atoms with Crippen LogP contribution in [0, 0.1) is 0 Å². The van der Waals surface area contributed by atoms with E-state index in [1.165, 1.54) is 4.31 Å². The molecule has 30 heavy (non-hydrogen) atoms. The average molecular weight is 427 g/mol. The molecule has 2 heterocycles. The number of hydrogen-bond acceptors (Lipinski definition) is 4. The molecule has 158 valence electrons. The number of fused-ring (bicyclic) bond motifs is 1. The van der Waals surface area contributed by atoms with E-state index in [0.29, 0.717) is 38.3 Å². The van der Waals surface area contributed by atoms with E-state index in [1.807, 2.05) is 36.1 Å². The number of piperidine rings is 1. The van der Waals surface area contributed by atoms with Gasteiger partial charge in [-0.1, -0.05) is 37.3 Å². The third-order valence-corrected chi connectivity index (χ3v) is 7.36. The van der Waals surface area contributed by atoms with Crippen LogP contribution in [-0.4, -0.2) is 48.3 Å². The topological polar surface area (TPSA) is 86.4 Å². The number of hydrogen-bond donors (Lipinski definition) is 1. The number of para-hydroxylation sites is 2. The van der Waals surface area contributed by atoms with Crippen molar-refractivity contribution in [3.05, 3.63) is 54.6 Å². The van der Waals surface area contributed by atoms with E-state index in [9.17, 15) is 13.2 Å². The molecule has 1 saturated heterocycles. The van der Waals surface area contributed by atoms with E-state index in [1.54, 1.807) is 30.3 Å². The van der Waals surface area contributed by atoms with Crippen LogP contribution in [0.1, 0.15) is 32.6 Å². The molecule has 1 aliphatic rings. The van der Waals surface area contributed by atoms with Crippen LogP contribution in [0.4, 0.5) is 5.95 Å². The van der Waals surface area contributed by atoms with Crippen molar-refractivity contribution in [1.29, 1.82) is 0 Å². The van der Waals surface area contributed by atoms with Crippen LogP contribution in [-0.2, 0) is 14.8 Å². The van der Waals surface area contributed by atoms with Crippen molar-refractivity contribution in [1.82, 2.24) is 14.9 Å². The number of carbonyl (C=O) groups is 1. The molecule has 0 radical (unpaired) electrons. The highest BCUT2D eigenvalue weighted by Crippen LogP contribution is 2.30. The zero-order valence-electron chi connectivity index (χ0n) is 17.0. The van der Waals surface area contributed by atoms with Crippen molar-refractivity contribution < 1.29 is 13.2 Å². The van der Waals surface area contributed by atoms with E-state index in [4.69, 9.17) is 0 Å². The molecule has 0 spiro atoms. The second-order valence-corrected chi connectivity index (χ2v) is 9.37. The third kappa shape index (κ3) is 3.92. The second kappa shape index (κ2) is 8.47. The highest BCUT2D eigenvalue weighted by atomic mass is 32.2. The van der Waals surface area contributed by atoms with E-state index in [0.717, 1.165) is 17.5 Å². The van der Waals surface area contributed by atoms with Crippen molar-refractivity contribution in [3.8, 4) is 0 Å². The lowest BCUT2D eigenvalue weighted by molar-refractivity contribution is -0.132. The Morgan fingerprint density at radius 3 is 2.43 bits per heavy atom. The number of nitrogens with one attached hydrogen (secondary N) is 1. The molecule has 7 nitrogen and oxygen atoms in total. The van der Waals surface area contributed by atoms with E-state index in [2.05, 4.69) is 9.97 Å². The van der Waals surface area contributed by atoms with Gasteiger partial charge in [0, 0.05) is 19.5 Å². The molecule has 1 aliphatic heterocycles. The van der Waals surface area contributed by atoms with Crippen LogP contribution in [0.5, 0.6) is 0 Å². The third-order valence-electron chi connectivity index (χ3n) is 5.50. The molecular weight excluding hydrogens is 400 g/mol. The number of amides is 1. The summed E-state index contributed by atoms with van der Waals surface area (Å²) in [7, 11) is -3.81. The number of aromatic amines is 1. The average Bonchev–Trinajstić information content (AvgIpc) is 3.18. The van der Waals surface area contributed by atoms with Gasteiger partial charge in [-0.2, -0.15) is 0 Å². The molecule has 0 unspecified atom stereocenters. The molecule has 0 atom stereocenters. The van der Waals surface area contributed by atoms with Crippen molar-refractivity contribution in [2.75, 3.05) is 17.4 Å². The van der Waals surface area contributed by atoms with E-state index in [-0.39, 0.29) is 16.8 Å². The van der Waals surface area contributed by atoms with Crippen LogP contribution in [0.3, 0.4) is 0 Å². The predicted molar refractivity (Wildman–Crippen MR) is 117 cm³/mol. The Morgan fingerprint density at radius 2 is 1.77 bits per heavy atom. The minimum absolute atomic E-state index is 0.136.